The van der Waals surface area contributed by atoms with Crippen LogP contribution in [0.25, 0.3) is 0 Å². The van der Waals surface area contributed by atoms with Crippen molar-refractivity contribution in [2.75, 3.05) is 19.4 Å². The fraction of sp³-hybridized carbons (Fsp3) is 0.273. The van der Waals surface area contributed by atoms with Crippen LogP contribution in [-0.4, -0.2) is 31.2 Å². The Kier molecular flexibility index (Phi) is 3.44. The Morgan fingerprint density at radius 2 is 2.13 bits per heavy atom. The molecule has 4 nitrogen and oxygen atoms in total. The molecule has 0 atom stereocenters. The highest BCUT2D eigenvalue weighted by Crippen LogP contribution is 2.15. The second-order valence-electron chi connectivity index (χ2n) is 3.52. The number of carbonyl (C=O) groups is 1. The van der Waals surface area contributed by atoms with Crippen molar-refractivity contribution in [1.29, 1.82) is 5.41 Å². The first-order valence-corrected chi connectivity index (χ1v) is 4.64. The second kappa shape index (κ2) is 4.59. The van der Waals surface area contributed by atoms with Gasteiger partial charge in [-0.15, -0.1) is 0 Å². The number of hydrogen-bond donors (Lipinski definition) is 2. The molecule has 0 aliphatic carbocycles. The van der Waals surface area contributed by atoms with Gasteiger partial charge in [0.05, 0.1) is 6.34 Å². The van der Waals surface area contributed by atoms with Gasteiger partial charge in [0.15, 0.2) is 0 Å². The van der Waals surface area contributed by atoms with Crippen LogP contribution in [0.4, 0.5) is 5.69 Å². The standard InChI is InChI=1S/C11H15N3O/c1-8-6-9(13-7-12)4-5-10(8)11(15)14(2)3/h4-7H,1-3H3,(H2,12,13). The van der Waals surface area contributed by atoms with E-state index >= 15 is 0 Å². The monoisotopic (exact) mass is 205 g/mol. The van der Waals surface area contributed by atoms with Crippen LogP contribution in [-0.2, 0) is 0 Å². The predicted molar refractivity (Wildman–Crippen MR) is 61.6 cm³/mol. The maximum absolute atomic E-state index is 11.7. The van der Waals surface area contributed by atoms with Crippen molar-refractivity contribution in [3.63, 3.8) is 0 Å². The van der Waals surface area contributed by atoms with Gasteiger partial charge in [0.25, 0.3) is 5.91 Å². The van der Waals surface area contributed by atoms with E-state index in [1.807, 2.05) is 13.0 Å². The van der Waals surface area contributed by atoms with Crippen LogP contribution in [0.1, 0.15) is 15.9 Å². The molecular weight excluding hydrogens is 190 g/mol. The minimum atomic E-state index is -0.00565. The summed E-state index contributed by atoms with van der Waals surface area (Å²) in [5.74, 6) is -0.00565. The molecule has 0 fully saturated rings. The first-order chi connectivity index (χ1) is 7.06. The predicted octanol–water partition coefficient (Wildman–Crippen LogP) is 1.72. The summed E-state index contributed by atoms with van der Waals surface area (Å²) in [7, 11) is 3.46. The summed E-state index contributed by atoms with van der Waals surface area (Å²) in [6.45, 7) is 1.88. The van der Waals surface area contributed by atoms with Gasteiger partial charge in [-0.2, -0.15) is 0 Å². The minimum absolute atomic E-state index is 0.00565. The third-order valence-electron chi connectivity index (χ3n) is 2.10. The summed E-state index contributed by atoms with van der Waals surface area (Å²) < 4.78 is 0. The van der Waals surface area contributed by atoms with E-state index in [-0.39, 0.29) is 5.91 Å². The maximum Gasteiger partial charge on any atom is 0.253 e. The molecule has 0 aromatic heterocycles. The Hall–Kier alpha value is -1.84. The molecule has 0 bridgehead atoms. The third kappa shape index (κ3) is 2.56. The van der Waals surface area contributed by atoms with Crippen LogP contribution in [0.3, 0.4) is 0 Å². The van der Waals surface area contributed by atoms with Crippen LogP contribution in [0.15, 0.2) is 18.2 Å². The van der Waals surface area contributed by atoms with Crippen molar-refractivity contribution in [3.8, 4) is 0 Å². The Morgan fingerprint density at radius 3 is 2.60 bits per heavy atom. The van der Waals surface area contributed by atoms with Gasteiger partial charge in [-0.25, -0.2) is 0 Å². The number of anilines is 1. The Bertz CT molecular complexity index is 385. The average molecular weight is 205 g/mol. The zero-order chi connectivity index (χ0) is 11.4. The number of nitrogens with zero attached hydrogens (tertiary/aromatic N) is 1. The van der Waals surface area contributed by atoms with Crippen LogP contribution in [0.2, 0.25) is 0 Å². The van der Waals surface area contributed by atoms with Crippen molar-refractivity contribution >= 4 is 17.9 Å². The molecule has 0 heterocycles. The van der Waals surface area contributed by atoms with E-state index in [0.29, 0.717) is 5.56 Å². The zero-order valence-electron chi connectivity index (χ0n) is 9.16. The number of amides is 1. The second-order valence-corrected chi connectivity index (χ2v) is 3.52. The van der Waals surface area contributed by atoms with Gasteiger partial charge >= 0.3 is 0 Å². The first-order valence-electron chi connectivity index (χ1n) is 4.64. The average Bonchev–Trinajstić information content (AvgIpc) is 2.17. The fourth-order valence-corrected chi connectivity index (χ4v) is 1.32. The molecule has 0 unspecified atom stereocenters. The molecular formula is C11H15N3O. The van der Waals surface area contributed by atoms with E-state index in [4.69, 9.17) is 5.41 Å². The molecule has 15 heavy (non-hydrogen) atoms. The number of hydrogen-bond acceptors (Lipinski definition) is 2. The molecule has 1 amide bonds. The van der Waals surface area contributed by atoms with Gasteiger partial charge in [0.2, 0.25) is 0 Å². The van der Waals surface area contributed by atoms with Gasteiger partial charge in [0, 0.05) is 25.3 Å². The molecule has 0 spiro atoms. The number of benzene rings is 1. The van der Waals surface area contributed by atoms with Crippen molar-refractivity contribution in [3.05, 3.63) is 29.3 Å². The number of nitrogens with one attached hydrogen (secondary N) is 2. The summed E-state index contributed by atoms with van der Waals surface area (Å²) >= 11 is 0. The largest absolute Gasteiger partial charge is 0.347 e. The minimum Gasteiger partial charge on any atom is -0.347 e. The number of carbonyl (C=O) groups excluding carboxylic acids is 1. The van der Waals surface area contributed by atoms with Crippen LogP contribution in [0.5, 0.6) is 0 Å². The zero-order valence-corrected chi connectivity index (χ0v) is 9.16. The molecule has 2 N–H and O–H groups in total. The van der Waals surface area contributed by atoms with E-state index in [0.717, 1.165) is 17.6 Å². The Balaban J connectivity index is 3.02. The molecule has 0 radical (unpaired) electrons. The van der Waals surface area contributed by atoms with E-state index < -0.39 is 0 Å². The molecule has 1 aromatic carbocycles. The van der Waals surface area contributed by atoms with E-state index in [9.17, 15) is 4.79 Å². The van der Waals surface area contributed by atoms with Gasteiger partial charge < -0.3 is 10.2 Å². The van der Waals surface area contributed by atoms with Gasteiger partial charge in [-0.1, -0.05) is 0 Å². The third-order valence-corrected chi connectivity index (χ3v) is 2.10. The van der Waals surface area contributed by atoms with E-state index in [2.05, 4.69) is 5.32 Å². The van der Waals surface area contributed by atoms with Crippen LogP contribution < -0.4 is 5.32 Å². The number of aryl methyl sites for hydroxylation is 1. The van der Waals surface area contributed by atoms with E-state index in [1.165, 1.54) is 0 Å². The highest BCUT2D eigenvalue weighted by molar-refractivity contribution is 5.96. The summed E-state index contributed by atoms with van der Waals surface area (Å²) in [6.07, 6.45) is 1.11. The van der Waals surface area contributed by atoms with Crippen molar-refractivity contribution in [2.24, 2.45) is 0 Å². The smallest absolute Gasteiger partial charge is 0.253 e. The molecule has 0 aliphatic rings. The topological polar surface area (TPSA) is 56.2 Å². The lowest BCUT2D eigenvalue weighted by Crippen LogP contribution is -2.22. The molecule has 0 aliphatic heterocycles. The quantitative estimate of drug-likeness (QED) is 0.583. The summed E-state index contributed by atoms with van der Waals surface area (Å²) in [4.78, 5) is 13.2. The first kappa shape index (κ1) is 11.2. The van der Waals surface area contributed by atoms with Gasteiger partial charge in [-0.3, -0.25) is 10.2 Å². The lowest BCUT2D eigenvalue weighted by atomic mass is 10.1. The highest BCUT2D eigenvalue weighted by Gasteiger charge is 2.10. The summed E-state index contributed by atoms with van der Waals surface area (Å²) in [5.41, 5.74) is 2.41. The fourth-order valence-electron chi connectivity index (χ4n) is 1.32. The molecule has 1 aromatic rings. The van der Waals surface area contributed by atoms with Gasteiger partial charge in [0.1, 0.15) is 0 Å². The molecule has 1 rings (SSSR count). The van der Waals surface area contributed by atoms with Crippen LogP contribution >= 0.6 is 0 Å². The highest BCUT2D eigenvalue weighted by atomic mass is 16.2. The van der Waals surface area contributed by atoms with Crippen molar-refractivity contribution in [1.82, 2.24) is 4.90 Å². The number of rotatable bonds is 3. The maximum atomic E-state index is 11.7. The lowest BCUT2D eigenvalue weighted by molar-refractivity contribution is 0.0827. The molecule has 80 valence electrons. The van der Waals surface area contributed by atoms with Gasteiger partial charge in [-0.05, 0) is 30.7 Å². The van der Waals surface area contributed by atoms with Crippen molar-refractivity contribution in [2.45, 2.75) is 6.92 Å². The molecule has 0 saturated carbocycles. The SMILES string of the molecule is Cc1cc(NC=N)ccc1C(=O)N(C)C. The van der Waals surface area contributed by atoms with Crippen molar-refractivity contribution < 1.29 is 4.79 Å². The molecule has 4 heteroatoms. The molecule has 0 saturated heterocycles. The Labute approximate surface area is 89.4 Å². The van der Waals surface area contributed by atoms with Crippen LogP contribution in [0, 0.1) is 12.3 Å². The summed E-state index contributed by atoms with van der Waals surface area (Å²) in [5, 5.41) is 9.67. The van der Waals surface area contributed by atoms with E-state index in [1.54, 1.807) is 31.1 Å². The normalized spacial score (nSPS) is 9.53. The summed E-state index contributed by atoms with van der Waals surface area (Å²) in [6, 6.07) is 5.40. The lowest BCUT2D eigenvalue weighted by Gasteiger charge is -2.13. The Morgan fingerprint density at radius 1 is 1.47 bits per heavy atom.